The summed E-state index contributed by atoms with van der Waals surface area (Å²) in [5.41, 5.74) is 2.87. The number of hydrogen-bond acceptors (Lipinski definition) is 0. The van der Waals surface area contributed by atoms with Gasteiger partial charge in [0.05, 0.1) is 0 Å². The lowest BCUT2D eigenvalue weighted by molar-refractivity contribution is 0.539. The van der Waals surface area contributed by atoms with Crippen molar-refractivity contribution in [2.75, 3.05) is 0 Å². The molecule has 1 aromatic carbocycles. The van der Waals surface area contributed by atoms with Crippen LogP contribution in [0.4, 0.5) is 0 Å². The summed E-state index contributed by atoms with van der Waals surface area (Å²) in [6.07, 6.45) is 20.8. The van der Waals surface area contributed by atoms with Crippen LogP contribution in [0, 0.1) is 6.92 Å². The Labute approximate surface area is 146 Å². The van der Waals surface area contributed by atoms with Gasteiger partial charge < -0.3 is 0 Å². The lowest BCUT2D eigenvalue weighted by atomic mass is 10.0. The van der Waals surface area contributed by atoms with Gasteiger partial charge in [0.25, 0.3) is 0 Å². The van der Waals surface area contributed by atoms with Crippen LogP contribution in [0.25, 0.3) is 0 Å². The van der Waals surface area contributed by atoms with Gasteiger partial charge in [0, 0.05) is 0 Å². The number of hydrogen-bond donors (Lipinski definition) is 0. The van der Waals surface area contributed by atoms with Crippen molar-refractivity contribution in [2.45, 2.75) is 103 Å². The second-order valence-corrected chi connectivity index (χ2v) is 7.06. The van der Waals surface area contributed by atoms with Crippen molar-refractivity contribution >= 4 is 0 Å². The van der Waals surface area contributed by atoms with Crippen LogP contribution in [-0.4, -0.2) is 0 Å². The van der Waals surface area contributed by atoms with Crippen LogP contribution < -0.4 is 0 Å². The highest BCUT2D eigenvalue weighted by atomic mass is 14.0. The summed E-state index contributed by atoms with van der Waals surface area (Å²) in [7, 11) is 0. The molecule has 0 fully saturated rings. The Hall–Kier alpha value is -0.780. The van der Waals surface area contributed by atoms with E-state index in [4.69, 9.17) is 0 Å². The average molecular weight is 316 g/mol. The van der Waals surface area contributed by atoms with Gasteiger partial charge in [-0.2, -0.15) is 0 Å². The van der Waals surface area contributed by atoms with Gasteiger partial charge in [0.1, 0.15) is 0 Å². The van der Waals surface area contributed by atoms with E-state index in [9.17, 15) is 0 Å². The van der Waals surface area contributed by atoms with Crippen LogP contribution >= 0.6 is 0 Å². The SMILES string of the molecule is [CH2]Cc1cccc(CCCCCCCCCCCCCCC)c1. The first-order valence-electron chi connectivity index (χ1n) is 10.2. The number of rotatable bonds is 15. The molecule has 0 aliphatic carbocycles. The van der Waals surface area contributed by atoms with Crippen LogP contribution in [-0.2, 0) is 12.8 Å². The van der Waals surface area contributed by atoms with Crippen molar-refractivity contribution in [3.63, 3.8) is 0 Å². The molecule has 0 heterocycles. The van der Waals surface area contributed by atoms with Gasteiger partial charge in [0.2, 0.25) is 0 Å². The highest BCUT2D eigenvalue weighted by Crippen LogP contribution is 2.14. The Kier molecular flexibility index (Phi) is 13.0. The van der Waals surface area contributed by atoms with Gasteiger partial charge in [-0.3, -0.25) is 0 Å². The molecule has 0 atom stereocenters. The Morgan fingerprint density at radius 2 is 1.13 bits per heavy atom. The molecule has 0 heteroatoms. The maximum Gasteiger partial charge on any atom is -0.0279 e. The molecule has 131 valence electrons. The average Bonchev–Trinajstić information content (AvgIpc) is 2.59. The first-order valence-corrected chi connectivity index (χ1v) is 10.2. The second kappa shape index (κ2) is 14.8. The molecule has 0 aliphatic rings. The van der Waals surface area contributed by atoms with Crippen molar-refractivity contribution in [1.29, 1.82) is 0 Å². The van der Waals surface area contributed by atoms with E-state index in [-0.39, 0.29) is 0 Å². The van der Waals surface area contributed by atoms with E-state index < -0.39 is 0 Å². The summed E-state index contributed by atoms with van der Waals surface area (Å²) in [4.78, 5) is 0. The molecular weight excluding hydrogens is 276 g/mol. The monoisotopic (exact) mass is 315 g/mol. The molecule has 1 aromatic rings. The summed E-state index contributed by atoms with van der Waals surface area (Å²) in [5.74, 6) is 0. The minimum absolute atomic E-state index is 0.909. The molecule has 0 aliphatic heterocycles. The molecule has 23 heavy (non-hydrogen) atoms. The third-order valence-electron chi connectivity index (χ3n) is 4.85. The zero-order chi connectivity index (χ0) is 16.6. The fraction of sp³-hybridized carbons (Fsp3) is 0.696. The molecule has 0 saturated carbocycles. The van der Waals surface area contributed by atoms with Gasteiger partial charge in [-0.1, -0.05) is 108 Å². The van der Waals surface area contributed by atoms with E-state index in [1.54, 1.807) is 0 Å². The zero-order valence-corrected chi connectivity index (χ0v) is 15.6. The Balaban J connectivity index is 1.84. The molecule has 0 spiro atoms. The first kappa shape index (κ1) is 20.3. The first-order chi connectivity index (χ1) is 11.4. The van der Waals surface area contributed by atoms with Crippen molar-refractivity contribution in [2.24, 2.45) is 0 Å². The van der Waals surface area contributed by atoms with E-state index in [1.165, 1.54) is 101 Å². The van der Waals surface area contributed by atoms with Crippen LogP contribution in [0.2, 0.25) is 0 Å². The lowest BCUT2D eigenvalue weighted by Gasteiger charge is -2.05. The predicted octanol–water partition coefficient (Wildman–Crippen LogP) is 7.70. The maximum absolute atomic E-state index is 3.97. The van der Waals surface area contributed by atoms with E-state index in [2.05, 4.69) is 38.1 Å². The highest BCUT2D eigenvalue weighted by Gasteiger charge is 1.97. The minimum atomic E-state index is 0.909. The van der Waals surface area contributed by atoms with E-state index in [1.807, 2.05) is 0 Å². The quantitative estimate of drug-likeness (QED) is 0.291. The number of aryl methyl sites for hydroxylation is 1. The molecule has 0 aromatic heterocycles. The van der Waals surface area contributed by atoms with E-state index in [0.717, 1.165) is 6.42 Å². The molecule has 0 bridgehead atoms. The molecule has 1 rings (SSSR count). The van der Waals surface area contributed by atoms with Gasteiger partial charge in [-0.25, -0.2) is 0 Å². The maximum atomic E-state index is 3.97. The largest absolute Gasteiger partial charge is 0.0654 e. The topological polar surface area (TPSA) is 0 Å². The van der Waals surface area contributed by atoms with Crippen LogP contribution in [0.5, 0.6) is 0 Å². The Morgan fingerprint density at radius 1 is 0.652 bits per heavy atom. The van der Waals surface area contributed by atoms with E-state index in [0.29, 0.717) is 0 Å². The van der Waals surface area contributed by atoms with Gasteiger partial charge >= 0.3 is 0 Å². The number of benzene rings is 1. The van der Waals surface area contributed by atoms with Gasteiger partial charge in [-0.15, -0.1) is 0 Å². The second-order valence-electron chi connectivity index (χ2n) is 7.06. The fourth-order valence-electron chi connectivity index (χ4n) is 3.29. The molecule has 0 amide bonds. The normalized spacial score (nSPS) is 11.0. The third kappa shape index (κ3) is 11.4. The van der Waals surface area contributed by atoms with Crippen molar-refractivity contribution in [3.05, 3.63) is 42.3 Å². The molecule has 0 unspecified atom stereocenters. The van der Waals surface area contributed by atoms with Gasteiger partial charge in [-0.05, 0) is 37.3 Å². The molecular formula is C23H39. The summed E-state index contributed by atoms with van der Waals surface area (Å²) in [6.45, 7) is 6.26. The Morgan fingerprint density at radius 3 is 1.65 bits per heavy atom. The van der Waals surface area contributed by atoms with Crippen LogP contribution in [0.3, 0.4) is 0 Å². The molecule has 0 saturated heterocycles. The van der Waals surface area contributed by atoms with E-state index >= 15 is 0 Å². The molecule has 1 radical (unpaired) electrons. The predicted molar refractivity (Wildman–Crippen MR) is 105 cm³/mol. The number of unbranched alkanes of at least 4 members (excludes halogenated alkanes) is 12. The van der Waals surface area contributed by atoms with Gasteiger partial charge in [0.15, 0.2) is 0 Å². The fourth-order valence-corrected chi connectivity index (χ4v) is 3.29. The van der Waals surface area contributed by atoms with Crippen molar-refractivity contribution < 1.29 is 0 Å². The summed E-state index contributed by atoms with van der Waals surface area (Å²) in [5, 5.41) is 0. The third-order valence-corrected chi connectivity index (χ3v) is 4.85. The zero-order valence-electron chi connectivity index (χ0n) is 15.6. The van der Waals surface area contributed by atoms with Crippen molar-refractivity contribution in [1.82, 2.24) is 0 Å². The lowest BCUT2D eigenvalue weighted by Crippen LogP contribution is -1.89. The molecule has 0 nitrogen and oxygen atoms in total. The Bertz CT molecular complexity index is 366. The van der Waals surface area contributed by atoms with Crippen LogP contribution in [0.1, 0.15) is 102 Å². The van der Waals surface area contributed by atoms with Crippen molar-refractivity contribution in [3.8, 4) is 0 Å². The molecule has 0 N–H and O–H groups in total. The highest BCUT2D eigenvalue weighted by molar-refractivity contribution is 5.23. The standard InChI is InChI=1S/C23H39/c1-3-5-6-7-8-9-10-11-12-13-14-15-16-18-23-20-17-19-22(4-2)21-23/h17,19-21H,2-16,18H2,1H3. The van der Waals surface area contributed by atoms with Crippen LogP contribution in [0.15, 0.2) is 24.3 Å². The summed E-state index contributed by atoms with van der Waals surface area (Å²) < 4.78 is 0. The minimum Gasteiger partial charge on any atom is -0.0654 e. The summed E-state index contributed by atoms with van der Waals surface area (Å²) in [6, 6.07) is 8.95. The smallest absolute Gasteiger partial charge is 0.0279 e. The summed E-state index contributed by atoms with van der Waals surface area (Å²) >= 11 is 0.